The lowest BCUT2D eigenvalue weighted by atomic mass is 9.89. The molecule has 0 N–H and O–H groups in total. The summed E-state index contributed by atoms with van der Waals surface area (Å²) in [7, 11) is 0. The van der Waals surface area contributed by atoms with Gasteiger partial charge in [0.25, 0.3) is 0 Å². The van der Waals surface area contributed by atoms with Crippen LogP contribution in [0.3, 0.4) is 0 Å². The highest BCUT2D eigenvalue weighted by Gasteiger charge is 2.35. The van der Waals surface area contributed by atoms with Crippen LogP contribution in [-0.4, -0.2) is 49.1 Å². The van der Waals surface area contributed by atoms with Gasteiger partial charge in [-0.25, -0.2) is 4.39 Å². The number of hydrogen-bond acceptors (Lipinski definition) is 4. The van der Waals surface area contributed by atoms with E-state index in [1.54, 1.807) is 0 Å². The molecule has 5 rings (SSSR count). The van der Waals surface area contributed by atoms with E-state index in [0.717, 1.165) is 38.3 Å². The third-order valence-corrected chi connectivity index (χ3v) is 8.41. The molecule has 2 saturated heterocycles. The predicted octanol–water partition coefficient (Wildman–Crippen LogP) is 6.34. The Bertz CT molecular complexity index is 1050. The van der Waals surface area contributed by atoms with Gasteiger partial charge in [0.05, 0.1) is 6.61 Å². The first-order chi connectivity index (χ1) is 17.1. The van der Waals surface area contributed by atoms with Gasteiger partial charge >= 0.3 is 0 Å². The third-order valence-electron chi connectivity index (χ3n) is 7.71. The first-order valence-electron chi connectivity index (χ1n) is 13.0. The smallest absolute Gasteiger partial charge is 0.123 e. The quantitative estimate of drug-likeness (QED) is 0.347. The van der Waals surface area contributed by atoms with E-state index in [0.29, 0.717) is 24.4 Å². The number of nitrogens with zero attached hydrogens (tertiary/aromatic N) is 2. The Morgan fingerprint density at radius 2 is 1.80 bits per heavy atom. The molecule has 3 heterocycles. The second-order valence-corrected chi connectivity index (χ2v) is 11.3. The van der Waals surface area contributed by atoms with Crippen molar-refractivity contribution in [2.75, 3.05) is 39.3 Å². The molecule has 2 atom stereocenters. The zero-order valence-electron chi connectivity index (χ0n) is 20.7. The Morgan fingerprint density at radius 1 is 0.971 bits per heavy atom. The van der Waals surface area contributed by atoms with Crippen LogP contribution in [0.2, 0.25) is 0 Å². The number of aryl methyl sites for hydroxylation is 1. The second-order valence-electron chi connectivity index (χ2n) is 10.5. The van der Waals surface area contributed by atoms with Gasteiger partial charge in [0.2, 0.25) is 0 Å². The highest BCUT2D eigenvalue weighted by atomic mass is 32.1. The fraction of sp³-hybridized carbons (Fsp3) is 0.467. The van der Waals surface area contributed by atoms with E-state index in [4.69, 9.17) is 4.74 Å². The van der Waals surface area contributed by atoms with Gasteiger partial charge in [0.15, 0.2) is 0 Å². The number of hydrogen-bond donors (Lipinski definition) is 0. The van der Waals surface area contributed by atoms with Gasteiger partial charge in [-0.2, -0.15) is 11.3 Å². The highest BCUT2D eigenvalue weighted by Crippen LogP contribution is 2.36. The molecule has 5 heteroatoms. The van der Waals surface area contributed by atoms with Crippen LogP contribution in [0.15, 0.2) is 65.4 Å². The van der Waals surface area contributed by atoms with Gasteiger partial charge in [-0.3, -0.25) is 4.90 Å². The number of rotatable bonds is 9. The van der Waals surface area contributed by atoms with Gasteiger partial charge < -0.3 is 9.64 Å². The largest absolute Gasteiger partial charge is 0.376 e. The molecule has 2 aliphatic rings. The monoisotopic (exact) mass is 492 g/mol. The molecule has 2 fully saturated rings. The Hall–Kier alpha value is -2.05. The molecule has 186 valence electrons. The molecule has 2 aliphatic heterocycles. The highest BCUT2D eigenvalue weighted by molar-refractivity contribution is 7.08. The molecule has 0 aliphatic carbocycles. The Kier molecular flexibility index (Phi) is 8.30. The van der Waals surface area contributed by atoms with Crippen molar-refractivity contribution in [2.45, 2.75) is 38.8 Å². The summed E-state index contributed by atoms with van der Waals surface area (Å²) < 4.78 is 19.0. The topological polar surface area (TPSA) is 15.7 Å². The molecule has 3 aromatic rings. The van der Waals surface area contributed by atoms with Gasteiger partial charge in [-0.05, 0) is 90.3 Å². The minimum atomic E-state index is -0.192. The van der Waals surface area contributed by atoms with E-state index in [-0.39, 0.29) is 5.82 Å². The minimum Gasteiger partial charge on any atom is -0.376 e. The summed E-state index contributed by atoms with van der Waals surface area (Å²) in [5, 5.41) is 4.59. The summed E-state index contributed by atoms with van der Waals surface area (Å²) in [4.78, 5) is 5.36. The lowest BCUT2D eigenvalue weighted by Crippen LogP contribution is -2.39. The lowest BCUT2D eigenvalue weighted by Gasteiger charge is -2.34. The lowest BCUT2D eigenvalue weighted by molar-refractivity contribution is 0.0542. The predicted molar refractivity (Wildman–Crippen MR) is 142 cm³/mol. The SMILES string of the molecule is Cc1cccc(CN2CC(CN3CCC(COCc4ccc(F)cc4)CC3)C(c3ccsc3)C2)c1. The number of likely N-dealkylation sites (tertiary alicyclic amines) is 2. The molecule has 35 heavy (non-hydrogen) atoms. The van der Waals surface area contributed by atoms with Crippen molar-refractivity contribution in [3.05, 3.63) is 93.4 Å². The molecule has 0 bridgehead atoms. The summed E-state index contributed by atoms with van der Waals surface area (Å²) in [6.45, 7) is 10.4. The number of piperidine rings is 1. The summed E-state index contributed by atoms with van der Waals surface area (Å²) in [6.07, 6.45) is 2.40. The summed E-state index contributed by atoms with van der Waals surface area (Å²) in [5.41, 5.74) is 5.34. The van der Waals surface area contributed by atoms with Crippen LogP contribution in [-0.2, 0) is 17.9 Å². The van der Waals surface area contributed by atoms with Crippen LogP contribution in [0.5, 0.6) is 0 Å². The molecule has 2 unspecified atom stereocenters. The van der Waals surface area contributed by atoms with Gasteiger partial charge in [0.1, 0.15) is 5.82 Å². The van der Waals surface area contributed by atoms with Crippen molar-refractivity contribution >= 4 is 11.3 Å². The Balaban J connectivity index is 1.11. The fourth-order valence-electron chi connectivity index (χ4n) is 5.80. The second kappa shape index (κ2) is 11.8. The van der Waals surface area contributed by atoms with Crippen molar-refractivity contribution in [3.63, 3.8) is 0 Å². The van der Waals surface area contributed by atoms with Crippen LogP contribution < -0.4 is 0 Å². The molecule has 0 radical (unpaired) electrons. The summed E-state index contributed by atoms with van der Waals surface area (Å²) in [6, 6.07) is 17.9. The van der Waals surface area contributed by atoms with Crippen LogP contribution in [0.4, 0.5) is 4.39 Å². The van der Waals surface area contributed by atoms with E-state index in [1.807, 2.05) is 23.5 Å². The first-order valence-corrected chi connectivity index (χ1v) is 13.9. The minimum absolute atomic E-state index is 0.192. The van der Waals surface area contributed by atoms with Crippen LogP contribution in [0, 0.1) is 24.6 Å². The molecule has 1 aromatic heterocycles. The van der Waals surface area contributed by atoms with Gasteiger partial charge in [-0.1, -0.05) is 42.0 Å². The molecular formula is C30H37FN2OS. The zero-order chi connectivity index (χ0) is 24.0. The van der Waals surface area contributed by atoms with Crippen LogP contribution >= 0.6 is 11.3 Å². The average molecular weight is 493 g/mol. The Morgan fingerprint density at radius 3 is 2.54 bits per heavy atom. The molecule has 2 aromatic carbocycles. The first kappa shape index (κ1) is 24.6. The van der Waals surface area contributed by atoms with Crippen LogP contribution in [0.25, 0.3) is 0 Å². The molecule has 0 spiro atoms. The number of ether oxygens (including phenoxy) is 1. The normalized spacial score (nSPS) is 22.1. The zero-order valence-corrected chi connectivity index (χ0v) is 21.6. The maximum atomic E-state index is 13.1. The van der Waals surface area contributed by atoms with Gasteiger partial charge in [-0.15, -0.1) is 0 Å². The van der Waals surface area contributed by atoms with Gasteiger partial charge in [0, 0.05) is 38.7 Å². The van der Waals surface area contributed by atoms with E-state index in [9.17, 15) is 4.39 Å². The average Bonchev–Trinajstić information content (AvgIpc) is 3.52. The molecule has 3 nitrogen and oxygen atoms in total. The van der Waals surface area contributed by atoms with Crippen molar-refractivity contribution in [3.8, 4) is 0 Å². The van der Waals surface area contributed by atoms with E-state index >= 15 is 0 Å². The van der Waals surface area contributed by atoms with E-state index in [2.05, 4.69) is 57.8 Å². The summed E-state index contributed by atoms with van der Waals surface area (Å²) in [5.74, 6) is 1.74. The van der Waals surface area contributed by atoms with Crippen molar-refractivity contribution in [2.24, 2.45) is 11.8 Å². The molecule has 0 amide bonds. The van der Waals surface area contributed by atoms with E-state index < -0.39 is 0 Å². The number of benzene rings is 2. The van der Waals surface area contributed by atoms with Crippen molar-refractivity contribution in [1.82, 2.24) is 9.80 Å². The fourth-order valence-corrected chi connectivity index (χ4v) is 6.52. The van der Waals surface area contributed by atoms with E-state index in [1.165, 1.54) is 54.8 Å². The third kappa shape index (κ3) is 6.79. The maximum Gasteiger partial charge on any atom is 0.123 e. The number of thiophene rings is 1. The molecular weight excluding hydrogens is 455 g/mol. The molecule has 0 saturated carbocycles. The van der Waals surface area contributed by atoms with Crippen molar-refractivity contribution < 1.29 is 9.13 Å². The maximum absolute atomic E-state index is 13.1. The standard InChI is InChI=1S/C30H37FN2OS/c1-23-3-2-4-26(15-23)16-33-18-28(30(19-33)27-11-14-35-22-27)17-32-12-9-25(10-13-32)21-34-20-24-5-7-29(31)8-6-24/h2-8,11,14-15,22,25,28,30H,9-10,12-13,16-21H2,1H3. The summed E-state index contributed by atoms with van der Waals surface area (Å²) >= 11 is 1.82. The number of halogens is 1. The van der Waals surface area contributed by atoms with Crippen molar-refractivity contribution in [1.29, 1.82) is 0 Å². The van der Waals surface area contributed by atoms with Crippen LogP contribution in [0.1, 0.15) is 41.0 Å². The Labute approximate surface area is 213 Å².